The Morgan fingerprint density at radius 3 is 1.50 bits per heavy atom. The lowest BCUT2D eigenvalue weighted by Crippen LogP contribution is -2.27. The third-order valence-corrected chi connectivity index (χ3v) is 3.55. The van der Waals surface area contributed by atoms with Gasteiger partial charge in [-0.3, -0.25) is 9.59 Å². The summed E-state index contributed by atoms with van der Waals surface area (Å²) in [6, 6.07) is 7.56. The van der Waals surface area contributed by atoms with E-state index in [0.717, 1.165) is 12.1 Å². The number of carbonyl (C=O) groups excluding carboxylic acids is 2. The Labute approximate surface area is 148 Å². The molecule has 6 nitrogen and oxygen atoms in total. The summed E-state index contributed by atoms with van der Waals surface area (Å²) in [7, 11) is 0. The molecule has 0 saturated heterocycles. The molecule has 0 heterocycles. The predicted molar refractivity (Wildman–Crippen MR) is 90.6 cm³/mol. The van der Waals surface area contributed by atoms with Crippen LogP contribution in [0.1, 0.15) is 20.7 Å². The predicted octanol–water partition coefficient (Wildman–Crippen LogP) is 1.08. The molecule has 2 rings (SSSR count). The van der Waals surface area contributed by atoms with Crippen LogP contribution in [0.15, 0.2) is 36.4 Å². The van der Waals surface area contributed by atoms with Crippen molar-refractivity contribution in [2.75, 3.05) is 26.3 Å². The summed E-state index contributed by atoms with van der Waals surface area (Å²) in [5.41, 5.74) is 0.367. The lowest BCUT2D eigenvalue weighted by atomic mass is 10.00. The molecular weight excluding hydrogens is 346 g/mol. The maximum atomic E-state index is 13.9. The van der Waals surface area contributed by atoms with Gasteiger partial charge in [0.2, 0.25) is 0 Å². The first-order chi connectivity index (χ1) is 12.5. The van der Waals surface area contributed by atoms with Crippen molar-refractivity contribution in [2.24, 2.45) is 0 Å². The van der Waals surface area contributed by atoms with Crippen molar-refractivity contribution in [3.05, 3.63) is 59.2 Å². The molecular formula is C18H18F2N2O4. The van der Waals surface area contributed by atoms with Gasteiger partial charge in [-0.2, -0.15) is 0 Å². The van der Waals surface area contributed by atoms with Crippen LogP contribution in [0.3, 0.4) is 0 Å². The topological polar surface area (TPSA) is 98.7 Å². The molecule has 0 aromatic heterocycles. The molecule has 0 aliphatic heterocycles. The highest BCUT2D eigenvalue weighted by Crippen LogP contribution is 2.24. The highest BCUT2D eigenvalue weighted by molar-refractivity contribution is 5.97. The number of hydrogen-bond acceptors (Lipinski definition) is 4. The van der Waals surface area contributed by atoms with E-state index >= 15 is 0 Å². The van der Waals surface area contributed by atoms with Gasteiger partial charge in [0.1, 0.15) is 11.6 Å². The van der Waals surface area contributed by atoms with Crippen LogP contribution < -0.4 is 10.6 Å². The lowest BCUT2D eigenvalue weighted by molar-refractivity contribution is 0.0933. The number of rotatable bonds is 7. The molecule has 4 N–H and O–H groups in total. The number of hydrogen-bond donors (Lipinski definition) is 4. The van der Waals surface area contributed by atoms with Crippen molar-refractivity contribution in [3.63, 3.8) is 0 Å². The molecule has 0 atom stereocenters. The average Bonchev–Trinajstić information content (AvgIpc) is 2.65. The fourth-order valence-corrected chi connectivity index (χ4v) is 2.29. The van der Waals surface area contributed by atoms with Crippen LogP contribution in [0.4, 0.5) is 8.78 Å². The highest BCUT2D eigenvalue weighted by atomic mass is 19.1. The Bertz CT molecular complexity index is 744. The van der Waals surface area contributed by atoms with E-state index in [1.807, 2.05) is 0 Å². The van der Waals surface area contributed by atoms with Gasteiger partial charge in [0, 0.05) is 13.1 Å². The molecule has 0 aliphatic carbocycles. The number of benzene rings is 2. The first kappa shape index (κ1) is 19.5. The summed E-state index contributed by atoms with van der Waals surface area (Å²) < 4.78 is 27.8. The van der Waals surface area contributed by atoms with Crippen molar-refractivity contribution in [1.82, 2.24) is 10.6 Å². The summed E-state index contributed by atoms with van der Waals surface area (Å²) in [6.07, 6.45) is 0. The molecule has 2 aromatic carbocycles. The van der Waals surface area contributed by atoms with Gasteiger partial charge in [-0.15, -0.1) is 0 Å². The van der Waals surface area contributed by atoms with Crippen LogP contribution in [0, 0.1) is 11.6 Å². The number of carbonyl (C=O) groups is 2. The van der Waals surface area contributed by atoms with E-state index in [1.165, 1.54) is 24.3 Å². The summed E-state index contributed by atoms with van der Waals surface area (Å²) in [5.74, 6) is -2.87. The molecule has 8 heteroatoms. The minimum Gasteiger partial charge on any atom is -0.395 e. The summed E-state index contributed by atoms with van der Waals surface area (Å²) in [6.45, 7) is -0.600. The molecule has 0 unspecified atom stereocenters. The molecule has 26 heavy (non-hydrogen) atoms. The summed E-state index contributed by atoms with van der Waals surface area (Å²) in [4.78, 5) is 23.9. The van der Waals surface area contributed by atoms with Crippen molar-refractivity contribution in [1.29, 1.82) is 0 Å². The number of aliphatic hydroxyl groups excluding tert-OH is 2. The molecule has 138 valence electrons. The second kappa shape index (κ2) is 9.02. The van der Waals surface area contributed by atoms with Crippen molar-refractivity contribution >= 4 is 11.8 Å². The number of aliphatic hydroxyl groups is 2. The first-order valence-electron chi connectivity index (χ1n) is 7.85. The van der Waals surface area contributed by atoms with E-state index in [-0.39, 0.29) is 37.4 Å². The lowest BCUT2D eigenvalue weighted by Gasteiger charge is -2.10. The van der Waals surface area contributed by atoms with Crippen LogP contribution in [-0.2, 0) is 0 Å². The monoisotopic (exact) mass is 364 g/mol. The molecule has 0 radical (unpaired) electrons. The average molecular weight is 364 g/mol. The standard InChI is InChI=1S/C18H18F2N2O4/c19-15-3-1-11(9-13(15)17(25)21-5-7-23)12-2-4-16(20)14(10-12)18(26)22-6-8-24/h1-4,9-10,23-24H,5-8H2,(H,21,25)(H,22,26). The first-order valence-corrected chi connectivity index (χ1v) is 7.85. The van der Waals surface area contributed by atoms with Gasteiger partial charge in [-0.05, 0) is 35.4 Å². The van der Waals surface area contributed by atoms with Crippen molar-refractivity contribution in [2.45, 2.75) is 0 Å². The van der Waals surface area contributed by atoms with Gasteiger partial charge in [-0.1, -0.05) is 12.1 Å². The second-order valence-electron chi connectivity index (χ2n) is 5.35. The zero-order chi connectivity index (χ0) is 19.1. The van der Waals surface area contributed by atoms with Gasteiger partial charge in [0.15, 0.2) is 0 Å². The van der Waals surface area contributed by atoms with Crippen LogP contribution in [-0.4, -0.2) is 48.3 Å². The third kappa shape index (κ3) is 4.62. The molecule has 2 aromatic rings. The Kier molecular flexibility index (Phi) is 6.76. The van der Waals surface area contributed by atoms with Gasteiger partial charge in [-0.25, -0.2) is 8.78 Å². The smallest absolute Gasteiger partial charge is 0.254 e. The van der Waals surface area contributed by atoms with Gasteiger partial charge in [0.25, 0.3) is 11.8 Å². The maximum absolute atomic E-state index is 13.9. The van der Waals surface area contributed by atoms with Crippen molar-refractivity contribution < 1.29 is 28.6 Å². The number of halogens is 2. The van der Waals surface area contributed by atoms with E-state index < -0.39 is 23.4 Å². The fraction of sp³-hybridized carbons (Fsp3) is 0.222. The maximum Gasteiger partial charge on any atom is 0.254 e. The zero-order valence-electron chi connectivity index (χ0n) is 13.8. The Hall–Kier alpha value is -2.84. The van der Waals surface area contributed by atoms with Crippen LogP contribution >= 0.6 is 0 Å². The van der Waals surface area contributed by atoms with Gasteiger partial charge < -0.3 is 20.8 Å². The van der Waals surface area contributed by atoms with Crippen LogP contribution in [0.5, 0.6) is 0 Å². The largest absolute Gasteiger partial charge is 0.395 e. The molecule has 0 aliphatic rings. The molecule has 0 saturated carbocycles. The molecule has 2 amide bonds. The Balaban J connectivity index is 2.36. The van der Waals surface area contributed by atoms with Gasteiger partial charge >= 0.3 is 0 Å². The summed E-state index contributed by atoms with van der Waals surface area (Å²) >= 11 is 0. The number of amides is 2. The second-order valence-corrected chi connectivity index (χ2v) is 5.35. The van der Waals surface area contributed by atoms with Gasteiger partial charge in [0.05, 0.1) is 24.3 Å². The SMILES string of the molecule is O=C(NCCO)c1cc(-c2ccc(F)c(C(=O)NCCO)c2)ccc1F. The Morgan fingerprint density at radius 2 is 1.15 bits per heavy atom. The molecule has 0 spiro atoms. The minimum atomic E-state index is -0.743. The number of nitrogens with one attached hydrogen (secondary N) is 2. The molecule has 0 bridgehead atoms. The fourth-order valence-electron chi connectivity index (χ4n) is 2.29. The van der Waals surface area contributed by atoms with Crippen molar-refractivity contribution in [3.8, 4) is 11.1 Å². The Morgan fingerprint density at radius 1 is 0.769 bits per heavy atom. The quantitative estimate of drug-likeness (QED) is 0.591. The highest BCUT2D eigenvalue weighted by Gasteiger charge is 2.16. The zero-order valence-corrected chi connectivity index (χ0v) is 13.8. The van der Waals surface area contributed by atoms with E-state index in [9.17, 15) is 18.4 Å². The van der Waals surface area contributed by atoms with E-state index in [1.54, 1.807) is 0 Å². The normalized spacial score (nSPS) is 10.5. The van der Waals surface area contributed by atoms with E-state index in [4.69, 9.17) is 10.2 Å². The van der Waals surface area contributed by atoms with E-state index in [0.29, 0.717) is 11.1 Å². The third-order valence-electron chi connectivity index (χ3n) is 3.55. The summed E-state index contributed by atoms with van der Waals surface area (Å²) in [5, 5.41) is 22.2. The minimum absolute atomic E-state index is 0.0196. The van der Waals surface area contributed by atoms with Crippen LogP contribution in [0.25, 0.3) is 11.1 Å². The molecule has 0 fully saturated rings. The van der Waals surface area contributed by atoms with E-state index in [2.05, 4.69) is 10.6 Å². The van der Waals surface area contributed by atoms with Crippen LogP contribution in [0.2, 0.25) is 0 Å².